The number of nitrogens with zero attached hydrogens (tertiary/aromatic N) is 1. The number of para-hydroxylation sites is 1. The number of hydrogen-bond acceptors (Lipinski definition) is 4. The minimum absolute atomic E-state index is 0.0618. The van der Waals surface area contributed by atoms with Crippen LogP contribution in [0.15, 0.2) is 41.2 Å². The molecule has 6 heteroatoms. The van der Waals surface area contributed by atoms with Gasteiger partial charge in [0, 0.05) is 48.3 Å². The Balaban J connectivity index is 1.47. The molecule has 0 unspecified atom stereocenters. The minimum Gasteiger partial charge on any atom is -0.496 e. The van der Waals surface area contributed by atoms with Gasteiger partial charge in [-0.05, 0) is 37.1 Å². The van der Waals surface area contributed by atoms with Gasteiger partial charge in [0.15, 0.2) is 5.43 Å². The van der Waals surface area contributed by atoms with E-state index in [2.05, 4.69) is 16.4 Å². The molecule has 2 N–H and O–H groups in total. The summed E-state index contributed by atoms with van der Waals surface area (Å²) in [4.78, 5) is 31.1. The number of H-pyrrole nitrogens is 1. The summed E-state index contributed by atoms with van der Waals surface area (Å²) in [6, 6.07) is 11.7. The zero-order valence-electron chi connectivity index (χ0n) is 17.7. The van der Waals surface area contributed by atoms with Crippen LogP contribution in [-0.2, 0) is 24.3 Å². The molecule has 0 saturated carbocycles. The summed E-state index contributed by atoms with van der Waals surface area (Å²) in [6.07, 6.45) is 0.730. The molecule has 30 heavy (non-hydrogen) atoms. The van der Waals surface area contributed by atoms with Crippen LogP contribution < -0.4 is 15.5 Å². The molecule has 3 aromatic rings. The fourth-order valence-electron chi connectivity index (χ4n) is 4.23. The zero-order chi connectivity index (χ0) is 21.3. The Morgan fingerprint density at radius 1 is 1.23 bits per heavy atom. The molecule has 0 bridgehead atoms. The fourth-order valence-corrected chi connectivity index (χ4v) is 4.23. The first-order valence-corrected chi connectivity index (χ1v) is 10.2. The lowest BCUT2D eigenvalue weighted by Gasteiger charge is -2.28. The Morgan fingerprint density at radius 2 is 2.03 bits per heavy atom. The van der Waals surface area contributed by atoms with Crippen molar-refractivity contribution in [1.29, 1.82) is 0 Å². The van der Waals surface area contributed by atoms with Gasteiger partial charge in [0.05, 0.1) is 19.2 Å². The monoisotopic (exact) mass is 405 g/mol. The number of rotatable bonds is 5. The topological polar surface area (TPSA) is 74.4 Å². The Morgan fingerprint density at radius 3 is 2.83 bits per heavy atom. The van der Waals surface area contributed by atoms with Gasteiger partial charge in [0.1, 0.15) is 5.75 Å². The van der Waals surface area contributed by atoms with Gasteiger partial charge < -0.3 is 15.0 Å². The molecule has 2 aromatic carbocycles. The standard InChI is InChI=1S/C24H27N3O3/c1-15-10-16(2)23-18(11-15)24(29)19-13-27(9-8-20(19)26-23)14-22(28)25-12-17-6-4-5-7-21(17)30-3/h4-7,10-11H,8-9,12-14H2,1-3H3,(H,25,28)(H,26,29). The number of ether oxygens (including phenoxy) is 1. The Labute approximate surface area is 175 Å². The second-order valence-electron chi connectivity index (χ2n) is 7.96. The van der Waals surface area contributed by atoms with Gasteiger partial charge in [-0.25, -0.2) is 0 Å². The van der Waals surface area contributed by atoms with E-state index in [0.29, 0.717) is 13.1 Å². The highest BCUT2D eigenvalue weighted by Gasteiger charge is 2.23. The molecule has 0 saturated heterocycles. The molecule has 0 spiro atoms. The number of aryl methyl sites for hydroxylation is 2. The van der Waals surface area contributed by atoms with E-state index in [9.17, 15) is 9.59 Å². The first kappa shape index (κ1) is 20.2. The summed E-state index contributed by atoms with van der Waals surface area (Å²) >= 11 is 0. The van der Waals surface area contributed by atoms with Gasteiger partial charge in [0.2, 0.25) is 5.91 Å². The molecule has 1 amide bonds. The number of pyridine rings is 1. The van der Waals surface area contributed by atoms with Gasteiger partial charge in [0.25, 0.3) is 0 Å². The number of aromatic nitrogens is 1. The van der Waals surface area contributed by atoms with Gasteiger partial charge in [-0.15, -0.1) is 0 Å². The van der Waals surface area contributed by atoms with Crippen molar-refractivity contribution in [2.24, 2.45) is 0 Å². The van der Waals surface area contributed by atoms with Gasteiger partial charge in [-0.1, -0.05) is 24.3 Å². The predicted molar refractivity (Wildman–Crippen MR) is 118 cm³/mol. The predicted octanol–water partition coefficient (Wildman–Crippen LogP) is 2.83. The van der Waals surface area contributed by atoms with Crippen LogP contribution >= 0.6 is 0 Å². The fraction of sp³-hybridized carbons (Fsp3) is 0.333. The van der Waals surface area contributed by atoms with E-state index >= 15 is 0 Å². The lowest BCUT2D eigenvalue weighted by molar-refractivity contribution is -0.122. The van der Waals surface area contributed by atoms with Crippen molar-refractivity contribution >= 4 is 16.8 Å². The zero-order valence-corrected chi connectivity index (χ0v) is 17.7. The smallest absolute Gasteiger partial charge is 0.234 e. The van der Waals surface area contributed by atoms with Crippen molar-refractivity contribution < 1.29 is 9.53 Å². The molecular formula is C24H27N3O3. The van der Waals surface area contributed by atoms with Crippen molar-refractivity contribution in [2.75, 3.05) is 20.2 Å². The van der Waals surface area contributed by atoms with E-state index in [1.54, 1.807) is 7.11 Å². The van der Waals surface area contributed by atoms with Crippen molar-refractivity contribution in [1.82, 2.24) is 15.2 Å². The first-order valence-electron chi connectivity index (χ1n) is 10.2. The Kier molecular flexibility index (Phi) is 5.59. The summed E-state index contributed by atoms with van der Waals surface area (Å²) < 4.78 is 5.33. The van der Waals surface area contributed by atoms with Crippen molar-refractivity contribution in [2.45, 2.75) is 33.4 Å². The average molecular weight is 405 g/mol. The molecule has 0 fully saturated rings. The number of benzene rings is 2. The largest absolute Gasteiger partial charge is 0.496 e. The molecule has 2 heterocycles. The number of methoxy groups -OCH3 is 1. The number of carbonyl (C=O) groups is 1. The summed E-state index contributed by atoms with van der Waals surface area (Å²) in [7, 11) is 1.62. The molecule has 0 aliphatic carbocycles. The molecule has 1 aliphatic rings. The Bertz CT molecular complexity index is 1170. The highest BCUT2D eigenvalue weighted by molar-refractivity contribution is 5.83. The quantitative estimate of drug-likeness (QED) is 0.685. The van der Waals surface area contributed by atoms with Crippen LogP contribution in [0.25, 0.3) is 10.9 Å². The number of fused-ring (bicyclic) bond motifs is 2. The highest BCUT2D eigenvalue weighted by atomic mass is 16.5. The van der Waals surface area contributed by atoms with Crippen molar-refractivity contribution in [3.8, 4) is 5.75 Å². The number of nitrogens with one attached hydrogen (secondary N) is 2. The summed E-state index contributed by atoms with van der Waals surface area (Å²) in [5, 5.41) is 3.69. The maximum Gasteiger partial charge on any atom is 0.234 e. The van der Waals surface area contributed by atoms with E-state index in [1.807, 2.05) is 49.1 Å². The van der Waals surface area contributed by atoms with E-state index in [0.717, 1.165) is 57.6 Å². The third-order valence-electron chi connectivity index (χ3n) is 5.73. The van der Waals surface area contributed by atoms with Crippen molar-refractivity contribution in [3.63, 3.8) is 0 Å². The Hall–Kier alpha value is -3.12. The van der Waals surface area contributed by atoms with Crippen molar-refractivity contribution in [3.05, 3.63) is 74.6 Å². The first-order chi connectivity index (χ1) is 14.5. The summed E-state index contributed by atoms with van der Waals surface area (Å²) in [5.74, 6) is 0.696. The maximum atomic E-state index is 13.1. The van der Waals surface area contributed by atoms with Crippen LogP contribution in [-0.4, -0.2) is 36.0 Å². The molecule has 0 radical (unpaired) electrons. The lowest BCUT2D eigenvalue weighted by atomic mass is 9.99. The van der Waals surface area contributed by atoms with Gasteiger partial charge in [-0.2, -0.15) is 0 Å². The minimum atomic E-state index is -0.0618. The lowest BCUT2D eigenvalue weighted by Crippen LogP contribution is -2.41. The van der Waals surface area contributed by atoms with Crippen LogP contribution in [0.5, 0.6) is 5.75 Å². The highest BCUT2D eigenvalue weighted by Crippen LogP contribution is 2.22. The summed E-state index contributed by atoms with van der Waals surface area (Å²) in [6.45, 7) is 5.93. The molecular weight excluding hydrogens is 378 g/mol. The number of aromatic amines is 1. The molecule has 6 nitrogen and oxygen atoms in total. The van der Waals surface area contributed by atoms with Gasteiger partial charge >= 0.3 is 0 Å². The second kappa shape index (κ2) is 8.32. The van der Waals surface area contributed by atoms with E-state index < -0.39 is 0 Å². The van der Waals surface area contributed by atoms with E-state index in [1.165, 1.54) is 0 Å². The number of carbonyl (C=O) groups excluding carboxylic acids is 1. The third kappa shape index (κ3) is 3.96. The van der Waals surface area contributed by atoms with Crippen LogP contribution in [0.4, 0.5) is 0 Å². The second-order valence-corrected chi connectivity index (χ2v) is 7.96. The SMILES string of the molecule is COc1ccccc1CNC(=O)CN1CCc2[nH]c3c(C)cc(C)cc3c(=O)c2C1. The third-order valence-corrected chi connectivity index (χ3v) is 5.73. The normalized spacial score (nSPS) is 13.8. The van der Waals surface area contributed by atoms with E-state index in [4.69, 9.17) is 4.74 Å². The van der Waals surface area contributed by atoms with Crippen LogP contribution in [0.2, 0.25) is 0 Å². The van der Waals surface area contributed by atoms with Crippen LogP contribution in [0, 0.1) is 13.8 Å². The van der Waals surface area contributed by atoms with Crippen LogP contribution in [0.3, 0.4) is 0 Å². The molecule has 4 rings (SSSR count). The van der Waals surface area contributed by atoms with Crippen LogP contribution in [0.1, 0.15) is 27.9 Å². The molecule has 1 aromatic heterocycles. The number of hydrogen-bond donors (Lipinski definition) is 2. The number of amides is 1. The van der Waals surface area contributed by atoms with Gasteiger partial charge in [-0.3, -0.25) is 14.5 Å². The summed E-state index contributed by atoms with van der Waals surface area (Å²) in [5.41, 5.74) is 5.86. The molecule has 1 aliphatic heterocycles. The maximum absolute atomic E-state index is 13.1. The molecule has 0 atom stereocenters. The van der Waals surface area contributed by atoms with E-state index in [-0.39, 0.29) is 17.9 Å². The molecule has 156 valence electrons. The average Bonchev–Trinajstić information content (AvgIpc) is 2.74.